The number of hydrogen-bond donors (Lipinski definition) is 1. The molecule has 1 unspecified atom stereocenters. The number of carbonyl (C=O) groups excluding carboxylic acids is 1. The number of benzene rings is 1. The molecule has 0 spiro atoms. The fourth-order valence-electron chi connectivity index (χ4n) is 4.19. The van der Waals surface area contributed by atoms with Crippen molar-refractivity contribution in [1.82, 2.24) is 4.90 Å². The SMILES string of the molecule is CN(C(=O)C1(O)CCc2ccccc2C1)C1CCC(C(F)(F)F)CC1. The van der Waals surface area contributed by atoms with Gasteiger partial charge in [-0.3, -0.25) is 4.79 Å². The van der Waals surface area contributed by atoms with Gasteiger partial charge < -0.3 is 10.0 Å². The van der Waals surface area contributed by atoms with Crippen molar-refractivity contribution in [1.29, 1.82) is 0 Å². The molecule has 1 amide bonds. The molecule has 138 valence electrons. The number of amides is 1. The highest BCUT2D eigenvalue weighted by Crippen LogP contribution is 2.39. The summed E-state index contributed by atoms with van der Waals surface area (Å²) in [5.74, 6) is -1.63. The Kier molecular flexibility index (Phi) is 4.84. The lowest BCUT2D eigenvalue weighted by Gasteiger charge is -2.40. The van der Waals surface area contributed by atoms with Gasteiger partial charge in [-0.15, -0.1) is 0 Å². The smallest absolute Gasteiger partial charge is 0.380 e. The van der Waals surface area contributed by atoms with Gasteiger partial charge in [0, 0.05) is 19.5 Å². The average Bonchev–Trinajstić information content (AvgIpc) is 2.59. The molecule has 0 saturated heterocycles. The van der Waals surface area contributed by atoms with Crippen LogP contribution in [0.3, 0.4) is 0 Å². The van der Waals surface area contributed by atoms with Crippen LogP contribution < -0.4 is 0 Å². The highest BCUT2D eigenvalue weighted by Gasteiger charge is 2.45. The van der Waals surface area contributed by atoms with Gasteiger partial charge in [-0.1, -0.05) is 24.3 Å². The van der Waals surface area contributed by atoms with Crippen LogP contribution >= 0.6 is 0 Å². The van der Waals surface area contributed by atoms with Crippen LogP contribution in [0.5, 0.6) is 0 Å². The quantitative estimate of drug-likeness (QED) is 0.882. The van der Waals surface area contributed by atoms with Crippen molar-refractivity contribution in [3.63, 3.8) is 0 Å². The Labute approximate surface area is 145 Å². The Morgan fingerprint density at radius 1 is 1.16 bits per heavy atom. The Bertz CT molecular complexity index is 638. The molecule has 2 aliphatic carbocycles. The molecule has 0 aromatic heterocycles. The third kappa shape index (κ3) is 3.68. The Morgan fingerprint density at radius 2 is 1.76 bits per heavy atom. The normalized spacial score (nSPS) is 29.8. The molecule has 1 saturated carbocycles. The van der Waals surface area contributed by atoms with Gasteiger partial charge in [0.25, 0.3) is 5.91 Å². The molecule has 1 atom stereocenters. The number of carbonyl (C=O) groups is 1. The van der Waals surface area contributed by atoms with Crippen LogP contribution in [-0.4, -0.2) is 40.8 Å². The van der Waals surface area contributed by atoms with Crippen LogP contribution in [-0.2, 0) is 17.6 Å². The van der Waals surface area contributed by atoms with Crippen LogP contribution in [0.1, 0.15) is 43.2 Å². The summed E-state index contributed by atoms with van der Waals surface area (Å²) in [4.78, 5) is 14.3. The van der Waals surface area contributed by atoms with Crippen molar-refractivity contribution in [2.75, 3.05) is 7.05 Å². The molecule has 1 aromatic rings. The number of nitrogens with zero attached hydrogens (tertiary/aromatic N) is 1. The van der Waals surface area contributed by atoms with E-state index in [1.807, 2.05) is 24.3 Å². The summed E-state index contributed by atoms with van der Waals surface area (Å²) in [5, 5.41) is 10.9. The van der Waals surface area contributed by atoms with Crippen LogP contribution in [0.4, 0.5) is 13.2 Å². The van der Waals surface area contributed by atoms with Crippen molar-refractivity contribution in [3.05, 3.63) is 35.4 Å². The molecule has 0 aliphatic heterocycles. The molecule has 6 heteroatoms. The highest BCUT2D eigenvalue weighted by molar-refractivity contribution is 5.86. The van der Waals surface area contributed by atoms with Crippen molar-refractivity contribution < 1.29 is 23.1 Å². The summed E-state index contributed by atoms with van der Waals surface area (Å²) in [7, 11) is 1.61. The van der Waals surface area contributed by atoms with Crippen LogP contribution in [0.15, 0.2) is 24.3 Å². The summed E-state index contributed by atoms with van der Waals surface area (Å²) in [6, 6.07) is 7.52. The molecule has 3 nitrogen and oxygen atoms in total. The molecule has 0 heterocycles. The van der Waals surface area contributed by atoms with Crippen molar-refractivity contribution in [3.8, 4) is 0 Å². The number of hydrogen-bond acceptors (Lipinski definition) is 2. The highest BCUT2D eigenvalue weighted by atomic mass is 19.4. The predicted molar refractivity (Wildman–Crippen MR) is 88.0 cm³/mol. The van der Waals surface area contributed by atoms with Gasteiger partial charge in [-0.2, -0.15) is 13.2 Å². The first-order valence-corrected chi connectivity index (χ1v) is 8.84. The monoisotopic (exact) mass is 355 g/mol. The van der Waals surface area contributed by atoms with Gasteiger partial charge in [0.15, 0.2) is 0 Å². The lowest BCUT2D eigenvalue weighted by atomic mass is 9.78. The lowest BCUT2D eigenvalue weighted by molar-refractivity contribution is -0.185. The third-order valence-corrected chi connectivity index (χ3v) is 5.83. The second kappa shape index (κ2) is 6.63. The number of fused-ring (bicyclic) bond motifs is 1. The summed E-state index contributed by atoms with van der Waals surface area (Å²) in [5.41, 5.74) is 0.663. The molecule has 1 N–H and O–H groups in total. The average molecular weight is 355 g/mol. The van der Waals surface area contributed by atoms with E-state index in [0.717, 1.165) is 11.1 Å². The van der Waals surface area contributed by atoms with Crippen molar-refractivity contribution in [2.24, 2.45) is 5.92 Å². The van der Waals surface area contributed by atoms with Gasteiger partial charge in [-0.05, 0) is 49.7 Å². The second-order valence-corrected chi connectivity index (χ2v) is 7.44. The maximum atomic E-state index is 12.9. The molecular formula is C19H24F3NO2. The zero-order chi connectivity index (χ0) is 18.2. The summed E-state index contributed by atoms with van der Waals surface area (Å²) >= 11 is 0. The Morgan fingerprint density at radius 3 is 2.36 bits per heavy atom. The van der Waals surface area contributed by atoms with Gasteiger partial charge in [0.1, 0.15) is 5.60 Å². The largest absolute Gasteiger partial charge is 0.391 e. The van der Waals surface area contributed by atoms with Crippen LogP contribution in [0.25, 0.3) is 0 Å². The first kappa shape index (κ1) is 18.2. The predicted octanol–water partition coefficient (Wildman–Crippen LogP) is 3.49. The molecule has 0 radical (unpaired) electrons. The van der Waals surface area contributed by atoms with E-state index >= 15 is 0 Å². The fourth-order valence-corrected chi connectivity index (χ4v) is 4.19. The molecule has 1 aromatic carbocycles. The molecular weight excluding hydrogens is 331 g/mol. The number of aryl methyl sites for hydroxylation is 1. The first-order chi connectivity index (χ1) is 11.7. The van der Waals surface area contributed by atoms with E-state index in [1.165, 1.54) is 4.90 Å². The lowest BCUT2D eigenvalue weighted by Crippen LogP contribution is -2.54. The van der Waals surface area contributed by atoms with Gasteiger partial charge in [0.05, 0.1) is 5.92 Å². The number of likely N-dealkylation sites (N-methyl/N-ethyl adjacent to an activating group) is 1. The van der Waals surface area contributed by atoms with E-state index in [1.54, 1.807) is 7.05 Å². The minimum atomic E-state index is -4.15. The van der Waals surface area contributed by atoms with E-state index in [-0.39, 0.29) is 31.2 Å². The van der Waals surface area contributed by atoms with Crippen molar-refractivity contribution >= 4 is 5.91 Å². The van der Waals surface area contributed by atoms with E-state index < -0.39 is 17.7 Å². The number of halogens is 3. The number of aliphatic hydroxyl groups is 1. The maximum Gasteiger partial charge on any atom is 0.391 e. The molecule has 3 rings (SSSR count). The minimum absolute atomic E-state index is 0.0487. The topological polar surface area (TPSA) is 40.5 Å². The third-order valence-electron chi connectivity index (χ3n) is 5.83. The molecule has 1 fully saturated rings. The zero-order valence-electron chi connectivity index (χ0n) is 14.4. The second-order valence-electron chi connectivity index (χ2n) is 7.44. The van der Waals surface area contributed by atoms with Crippen LogP contribution in [0.2, 0.25) is 0 Å². The van der Waals surface area contributed by atoms with Gasteiger partial charge in [0.2, 0.25) is 0 Å². The summed E-state index contributed by atoms with van der Waals surface area (Å²) in [6.07, 6.45) is -2.14. The van der Waals surface area contributed by atoms with E-state index in [2.05, 4.69) is 0 Å². The van der Waals surface area contributed by atoms with E-state index in [0.29, 0.717) is 25.7 Å². The number of alkyl halides is 3. The van der Waals surface area contributed by atoms with Crippen LogP contribution in [0, 0.1) is 5.92 Å². The van der Waals surface area contributed by atoms with Gasteiger partial charge in [-0.25, -0.2) is 0 Å². The zero-order valence-corrected chi connectivity index (χ0v) is 14.4. The maximum absolute atomic E-state index is 12.9. The van der Waals surface area contributed by atoms with Gasteiger partial charge >= 0.3 is 6.18 Å². The Hall–Kier alpha value is -1.56. The standard InChI is InChI=1S/C19H24F3NO2/c1-23(16-8-6-15(7-9-16)19(20,21)22)17(24)18(25)11-10-13-4-2-3-5-14(13)12-18/h2-5,15-16,25H,6-12H2,1H3. The summed E-state index contributed by atoms with van der Waals surface area (Å²) in [6.45, 7) is 0. The van der Waals surface area contributed by atoms with Crippen molar-refractivity contribution in [2.45, 2.75) is 62.8 Å². The summed E-state index contributed by atoms with van der Waals surface area (Å²) < 4.78 is 38.4. The Balaban J connectivity index is 1.65. The minimum Gasteiger partial charge on any atom is -0.380 e. The molecule has 25 heavy (non-hydrogen) atoms. The first-order valence-electron chi connectivity index (χ1n) is 8.84. The molecule has 2 aliphatic rings. The van der Waals surface area contributed by atoms with E-state index in [4.69, 9.17) is 0 Å². The number of rotatable bonds is 2. The molecule has 0 bridgehead atoms. The van der Waals surface area contributed by atoms with E-state index in [9.17, 15) is 23.1 Å². The fraction of sp³-hybridized carbons (Fsp3) is 0.632.